The zero-order chi connectivity index (χ0) is 14.5. The summed E-state index contributed by atoms with van der Waals surface area (Å²) in [6.07, 6.45) is 12.6. The number of carbonyl (C=O) groups excluding carboxylic acids is 1. The van der Waals surface area contributed by atoms with E-state index in [-0.39, 0.29) is 5.92 Å². The molecule has 0 saturated carbocycles. The van der Waals surface area contributed by atoms with E-state index in [0.29, 0.717) is 5.91 Å². The van der Waals surface area contributed by atoms with E-state index in [1.54, 1.807) is 0 Å². The van der Waals surface area contributed by atoms with Gasteiger partial charge in [0.1, 0.15) is 0 Å². The van der Waals surface area contributed by atoms with Crippen LogP contribution in [0.5, 0.6) is 0 Å². The molecule has 19 heavy (non-hydrogen) atoms. The first-order valence-corrected chi connectivity index (χ1v) is 8.38. The van der Waals surface area contributed by atoms with Crippen molar-refractivity contribution in [2.75, 3.05) is 13.6 Å². The highest BCUT2D eigenvalue weighted by Crippen LogP contribution is 2.14. The van der Waals surface area contributed by atoms with E-state index < -0.39 is 0 Å². The number of carbonyl (C=O) groups is 1. The molecule has 0 N–H and O–H groups in total. The minimum absolute atomic E-state index is 0.206. The summed E-state index contributed by atoms with van der Waals surface area (Å²) in [7, 11) is 1.94. The van der Waals surface area contributed by atoms with Gasteiger partial charge in [0.15, 0.2) is 0 Å². The summed E-state index contributed by atoms with van der Waals surface area (Å²) in [5.41, 5.74) is 0. The van der Waals surface area contributed by atoms with Gasteiger partial charge in [0.05, 0.1) is 0 Å². The number of nitrogens with zero attached hydrogens (tertiary/aromatic N) is 1. The molecule has 0 heterocycles. The Morgan fingerprint density at radius 3 is 2.00 bits per heavy atom. The lowest BCUT2D eigenvalue weighted by Gasteiger charge is -2.21. The lowest BCUT2D eigenvalue weighted by atomic mass is 10.0. The van der Waals surface area contributed by atoms with Crippen molar-refractivity contribution < 1.29 is 4.79 Å². The van der Waals surface area contributed by atoms with Gasteiger partial charge >= 0.3 is 0 Å². The van der Waals surface area contributed by atoms with E-state index in [1.807, 2.05) is 11.9 Å². The van der Waals surface area contributed by atoms with Crippen LogP contribution in [0.15, 0.2) is 0 Å². The second-order valence-corrected chi connectivity index (χ2v) is 5.92. The molecule has 0 aliphatic carbocycles. The van der Waals surface area contributed by atoms with Crippen LogP contribution in [0.2, 0.25) is 0 Å². The molecule has 0 spiro atoms. The molecule has 1 atom stereocenters. The van der Waals surface area contributed by atoms with Crippen molar-refractivity contribution >= 4 is 5.91 Å². The topological polar surface area (TPSA) is 20.3 Å². The van der Waals surface area contributed by atoms with E-state index in [0.717, 1.165) is 25.8 Å². The first kappa shape index (κ1) is 18.5. The Labute approximate surface area is 120 Å². The molecule has 0 fully saturated rings. The van der Waals surface area contributed by atoms with Gasteiger partial charge in [0.2, 0.25) is 5.91 Å². The van der Waals surface area contributed by atoms with Crippen LogP contribution in [0.25, 0.3) is 0 Å². The van der Waals surface area contributed by atoms with Crippen molar-refractivity contribution in [3.8, 4) is 0 Å². The predicted octanol–water partition coefficient (Wildman–Crippen LogP) is 5.02. The summed E-state index contributed by atoms with van der Waals surface area (Å²) in [6.45, 7) is 7.42. The van der Waals surface area contributed by atoms with Crippen LogP contribution in [-0.4, -0.2) is 24.4 Å². The predicted molar refractivity (Wildman–Crippen MR) is 84.3 cm³/mol. The van der Waals surface area contributed by atoms with E-state index >= 15 is 0 Å². The number of amides is 1. The molecular formula is C17H35NO. The van der Waals surface area contributed by atoms with Crippen LogP contribution < -0.4 is 0 Å². The molecule has 0 bridgehead atoms. The molecular weight excluding hydrogens is 234 g/mol. The highest BCUT2D eigenvalue weighted by molar-refractivity contribution is 5.78. The van der Waals surface area contributed by atoms with Gasteiger partial charge in [-0.1, -0.05) is 72.1 Å². The average Bonchev–Trinajstić information content (AvgIpc) is 2.42. The molecule has 1 unspecified atom stereocenters. The van der Waals surface area contributed by atoms with Gasteiger partial charge in [0.25, 0.3) is 0 Å². The Balaban J connectivity index is 3.56. The number of hydrogen-bond donors (Lipinski definition) is 0. The van der Waals surface area contributed by atoms with Crippen molar-refractivity contribution in [2.24, 2.45) is 5.92 Å². The molecule has 0 aliphatic rings. The van der Waals surface area contributed by atoms with Crippen LogP contribution in [0.4, 0.5) is 0 Å². The maximum absolute atomic E-state index is 12.1. The van der Waals surface area contributed by atoms with Gasteiger partial charge < -0.3 is 4.90 Å². The van der Waals surface area contributed by atoms with Crippen molar-refractivity contribution in [2.45, 2.75) is 85.0 Å². The second-order valence-electron chi connectivity index (χ2n) is 5.92. The maximum Gasteiger partial charge on any atom is 0.225 e. The van der Waals surface area contributed by atoms with Crippen LogP contribution in [0, 0.1) is 5.92 Å². The van der Waals surface area contributed by atoms with Gasteiger partial charge in [-0.15, -0.1) is 0 Å². The molecule has 0 rings (SSSR count). The first-order chi connectivity index (χ1) is 9.13. The SMILES string of the molecule is CCCCCCCCCC(C)C(=O)N(C)CCCC. The van der Waals surface area contributed by atoms with Crippen LogP contribution in [0.3, 0.4) is 0 Å². The van der Waals surface area contributed by atoms with Gasteiger partial charge in [-0.25, -0.2) is 0 Å². The zero-order valence-electron chi connectivity index (χ0n) is 13.7. The third-order valence-corrected chi connectivity index (χ3v) is 3.89. The summed E-state index contributed by atoms with van der Waals surface area (Å²) in [5, 5.41) is 0. The Bertz CT molecular complexity index is 215. The number of rotatable bonds is 12. The lowest BCUT2D eigenvalue weighted by Crippen LogP contribution is -2.32. The quantitative estimate of drug-likeness (QED) is 0.455. The Morgan fingerprint density at radius 1 is 0.895 bits per heavy atom. The number of hydrogen-bond acceptors (Lipinski definition) is 1. The molecule has 0 aromatic carbocycles. The second kappa shape index (κ2) is 12.5. The summed E-state index contributed by atoms with van der Waals surface area (Å²) < 4.78 is 0. The molecule has 0 aromatic rings. The normalized spacial score (nSPS) is 12.4. The number of unbranched alkanes of at least 4 members (excludes halogenated alkanes) is 7. The van der Waals surface area contributed by atoms with Crippen LogP contribution in [-0.2, 0) is 4.79 Å². The molecule has 0 aliphatic heterocycles. The molecule has 114 valence electrons. The van der Waals surface area contributed by atoms with Gasteiger partial charge in [-0.3, -0.25) is 4.79 Å². The Kier molecular flexibility index (Phi) is 12.2. The van der Waals surface area contributed by atoms with Crippen LogP contribution >= 0.6 is 0 Å². The molecule has 2 nitrogen and oxygen atoms in total. The minimum Gasteiger partial charge on any atom is -0.346 e. The highest BCUT2D eigenvalue weighted by Gasteiger charge is 2.16. The average molecular weight is 269 g/mol. The largest absolute Gasteiger partial charge is 0.346 e. The van der Waals surface area contributed by atoms with Crippen molar-refractivity contribution in [1.29, 1.82) is 0 Å². The van der Waals surface area contributed by atoms with Gasteiger partial charge in [-0.05, 0) is 12.8 Å². The molecule has 0 aromatic heterocycles. The smallest absolute Gasteiger partial charge is 0.225 e. The van der Waals surface area contributed by atoms with Crippen molar-refractivity contribution in [3.05, 3.63) is 0 Å². The third kappa shape index (κ3) is 9.98. The fourth-order valence-electron chi connectivity index (χ4n) is 2.41. The van der Waals surface area contributed by atoms with Gasteiger partial charge in [-0.2, -0.15) is 0 Å². The third-order valence-electron chi connectivity index (χ3n) is 3.89. The van der Waals surface area contributed by atoms with Crippen molar-refractivity contribution in [1.82, 2.24) is 4.90 Å². The lowest BCUT2D eigenvalue weighted by molar-refractivity contribution is -0.133. The summed E-state index contributed by atoms with van der Waals surface area (Å²) in [4.78, 5) is 14.0. The Morgan fingerprint density at radius 2 is 1.42 bits per heavy atom. The van der Waals surface area contributed by atoms with Crippen LogP contribution in [0.1, 0.15) is 85.0 Å². The molecule has 2 heteroatoms. The van der Waals surface area contributed by atoms with Gasteiger partial charge in [0, 0.05) is 19.5 Å². The standard InChI is InChI=1S/C17H35NO/c1-5-7-9-10-11-12-13-14-16(3)17(19)18(4)15-8-6-2/h16H,5-15H2,1-4H3. The monoisotopic (exact) mass is 269 g/mol. The zero-order valence-corrected chi connectivity index (χ0v) is 13.7. The fraction of sp³-hybridized carbons (Fsp3) is 0.941. The van der Waals surface area contributed by atoms with E-state index in [9.17, 15) is 4.79 Å². The first-order valence-electron chi connectivity index (χ1n) is 8.38. The molecule has 0 radical (unpaired) electrons. The maximum atomic E-state index is 12.1. The molecule has 1 amide bonds. The van der Waals surface area contributed by atoms with Crippen molar-refractivity contribution in [3.63, 3.8) is 0 Å². The van der Waals surface area contributed by atoms with E-state index in [1.165, 1.54) is 44.9 Å². The van der Waals surface area contributed by atoms with E-state index in [2.05, 4.69) is 20.8 Å². The highest BCUT2D eigenvalue weighted by atomic mass is 16.2. The minimum atomic E-state index is 0.206. The summed E-state index contributed by atoms with van der Waals surface area (Å²) in [6, 6.07) is 0. The fourth-order valence-corrected chi connectivity index (χ4v) is 2.41. The summed E-state index contributed by atoms with van der Waals surface area (Å²) in [5.74, 6) is 0.539. The summed E-state index contributed by atoms with van der Waals surface area (Å²) >= 11 is 0. The van der Waals surface area contributed by atoms with E-state index in [4.69, 9.17) is 0 Å². The molecule has 0 saturated heterocycles. The Hall–Kier alpha value is -0.530.